The number of hydrogen-bond acceptors (Lipinski definition) is 3. The van der Waals surface area contributed by atoms with Crippen LogP contribution in [0.3, 0.4) is 0 Å². The average Bonchev–Trinajstić information content (AvgIpc) is 3.20. The highest BCUT2D eigenvalue weighted by atomic mass is 19.1. The number of ether oxygens (including phenoxy) is 1. The molecule has 3 nitrogen and oxygen atoms in total. The van der Waals surface area contributed by atoms with Crippen molar-refractivity contribution < 1.29 is 18.7 Å². The van der Waals surface area contributed by atoms with Gasteiger partial charge in [-0.25, -0.2) is 9.18 Å². The normalized spacial score (nSPS) is 15.3. The molecular weight excluding hydrogens is 235 g/mol. The van der Waals surface area contributed by atoms with E-state index >= 15 is 0 Å². The van der Waals surface area contributed by atoms with Crippen molar-refractivity contribution in [1.29, 1.82) is 0 Å². The number of benzene rings is 1. The van der Waals surface area contributed by atoms with Crippen LogP contribution < -0.4 is 0 Å². The van der Waals surface area contributed by atoms with Crippen molar-refractivity contribution >= 4 is 17.8 Å². The highest BCUT2D eigenvalue weighted by Gasteiger charge is 2.34. The second-order valence-corrected chi connectivity index (χ2v) is 4.24. The van der Waals surface area contributed by atoms with E-state index in [0.717, 1.165) is 12.8 Å². The number of esters is 1. The zero-order valence-corrected chi connectivity index (χ0v) is 9.98. The third kappa shape index (κ3) is 2.83. The molecule has 1 saturated carbocycles. The fourth-order valence-corrected chi connectivity index (χ4v) is 1.63. The van der Waals surface area contributed by atoms with Crippen LogP contribution in [0, 0.1) is 11.7 Å². The number of ketones is 1. The van der Waals surface area contributed by atoms with Crippen LogP contribution in [0.5, 0.6) is 0 Å². The first-order valence-corrected chi connectivity index (χ1v) is 5.71. The molecule has 1 aromatic rings. The maximum Gasteiger partial charge on any atom is 0.341 e. The molecule has 0 amide bonds. The van der Waals surface area contributed by atoms with Gasteiger partial charge in [0.2, 0.25) is 0 Å². The minimum Gasteiger partial charge on any atom is -0.465 e. The molecule has 0 heterocycles. The van der Waals surface area contributed by atoms with Crippen molar-refractivity contribution in [3.8, 4) is 0 Å². The topological polar surface area (TPSA) is 43.4 Å². The van der Waals surface area contributed by atoms with Gasteiger partial charge in [-0.3, -0.25) is 4.79 Å². The summed E-state index contributed by atoms with van der Waals surface area (Å²) in [6.45, 7) is 0. The minimum atomic E-state index is -0.642. The fourth-order valence-electron chi connectivity index (χ4n) is 1.63. The minimum absolute atomic E-state index is 0.0339. The number of methoxy groups -OCH3 is 1. The quantitative estimate of drug-likeness (QED) is 0.355. The van der Waals surface area contributed by atoms with Crippen molar-refractivity contribution in [3.63, 3.8) is 0 Å². The molecule has 0 aliphatic heterocycles. The van der Waals surface area contributed by atoms with Crippen LogP contribution in [0.15, 0.2) is 29.8 Å². The lowest BCUT2D eigenvalue weighted by molar-refractivity contribution is -0.137. The van der Waals surface area contributed by atoms with Crippen LogP contribution >= 0.6 is 0 Å². The Kier molecular flexibility index (Phi) is 3.55. The predicted octanol–water partition coefficient (Wildman–Crippen LogP) is 2.36. The Morgan fingerprint density at radius 2 is 1.89 bits per heavy atom. The van der Waals surface area contributed by atoms with E-state index in [1.807, 2.05) is 0 Å². The van der Waals surface area contributed by atoms with E-state index < -0.39 is 5.97 Å². The van der Waals surface area contributed by atoms with Crippen molar-refractivity contribution in [2.45, 2.75) is 12.8 Å². The Morgan fingerprint density at radius 1 is 1.28 bits per heavy atom. The standard InChI is InChI=1S/C14H13FO3/c1-18-14(17)12(13(16)10-4-5-10)8-9-2-6-11(15)7-3-9/h2-3,6-8,10H,4-5H2,1H3/b12-8+. The summed E-state index contributed by atoms with van der Waals surface area (Å²) in [5.41, 5.74) is 0.636. The molecule has 0 bridgehead atoms. The fraction of sp³-hybridized carbons (Fsp3) is 0.286. The first-order chi connectivity index (χ1) is 8.61. The summed E-state index contributed by atoms with van der Waals surface area (Å²) in [5, 5.41) is 0. The van der Waals surface area contributed by atoms with Gasteiger partial charge in [-0.05, 0) is 36.6 Å². The summed E-state index contributed by atoms with van der Waals surface area (Å²) >= 11 is 0. The van der Waals surface area contributed by atoms with Crippen molar-refractivity contribution in [1.82, 2.24) is 0 Å². The van der Waals surface area contributed by atoms with Gasteiger partial charge in [0, 0.05) is 5.92 Å². The molecule has 94 valence electrons. The van der Waals surface area contributed by atoms with Gasteiger partial charge in [-0.1, -0.05) is 12.1 Å². The van der Waals surface area contributed by atoms with E-state index in [2.05, 4.69) is 4.74 Å². The number of halogens is 1. The number of Topliss-reactive ketones (excluding diaryl/α,β-unsaturated/α-hetero) is 1. The molecule has 1 fully saturated rings. The molecule has 1 aromatic carbocycles. The van der Waals surface area contributed by atoms with Gasteiger partial charge < -0.3 is 4.74 Å². The van der Waals surface area contributed by atoms with Gasteiger partial charge in [0.1, 0.15) is 11.4 Å². The van der Waals surface area contributed by atoms with Crippen LogP contribution in [0.4, 0.5) is 4.39 Å². The highest BCUT2D eigenvalue weighted by Crippen LogP contribution is 2.33. The van der Waals surface area contributed by atoms with Crippen molar-refractivity contribution in [2.75, 3.05) is 7.11 Å². The average molecular weight is 248 g/mol. The Morgan fingerprint density at radius 3 is 2.39 bits per heavy atom. The second-order valence-electron chi connectivity index (χ2n) is 4.24. The summed E-state index contributed by atoms with van der Waals surface area (Å²) < 4.78 is 17.4. The molecule has 0 N–H and O–H groups in total. The molecule has 0 aromatic heterocycles. The lowest BCUT2D eigenvalue weighted by atomic mass is 10.0. The maximum absolute atomic E-state index is 12.8. The van der Waals surface area contributed by atoms with E-state index in [1.165, 1.54) is 37.5 Å². The molecule has 0 spiro atoms. The number of hydrogen-bond donors (Lipinski definition) is 0. The predicted molar refractivity (Wildman–Crippen MR) is 64.1 cm³/mol. The first-order valence-electron chi connectivity index (χ1n) is 5.71. The van der Waals surface area contributed by atoms with Crippen molar-refractivity contribution in [2.24, 2.45) is 5.92 Å². The molecule has 0 radical (unpaired) electrons. The summed E-state index contributed by atoms with van der Waals surface area (Å²) in [6, 6.07) is 5.58. The lowest BCUT2D eigenvalue weighted by Gasteiger charge is -2.04. The molecule has 4 heteroatoms. The molecule has 1 aliphatic carbocycles. The van der Waals surface area contributed by atoms with Crippen LogP contribution in [-0.2, 0) is 14.3 Å². The monoisotopic (exact) mass is 248 g/mol. The molecule has 18 heavy (non-hydrogen) atoms. The van der Waals surface area contributed by atoms with Gasteiger partial charge in [0.05, 0.1) is 7.11 Å². The lowest BCUT2D eigenvalue weighted by Crippen LogP contribution is -2.15. The third-order valence-corrected chi connectivity index (χ3v) is 2.80. The smallest absolute Gasteiger partial charge is 0.341 e. The second kappa shape index (κ2) is 5.12. The Labute approximate surface area is 104 Å². The van der Waals surface area contributed by atoms with E-state index in [1.54, 1.807) is 0 Å². The van der Waals surface area contributed by atoms with E-state index in [9.17, 15) is 14.0 Å². The Bertz CT molecular complexity index is 498. The van der Waals surface area contributed by atoms with Crippen LogP contribution in [-0.4, -0.2) is 18.9 Å². The molecule has 0 unspecified atom stereocenters. The van der Waals surface area contributed by atoms with Crippen molar-refractivity contribution in [3.05, 3.63) is 41.2 Å². The van der Waals surface area contributed by atoms with Gasteiger partial charge in [-0.2, -0.15) is 0 Å². The number of rotatable bonds is 4. The van der Waals surface area contributed by atoms with E-state index in [-0.39, 0.29) is 23.1 Å². The van der Waals surface area contributed by atoms with E-state index in [4.69, 9.17) is 0 Å². The van der Waals surface area contributed by atoms with Crippen LogP contribution in [0.2, 0.25) is 0 Å². The molecule has 0 atom stereocenters. The summed E-state index contributed by atoms with van der Waals surface area (Å²) in [6.07, 6.45) is 3.08. The number of carbonyl (C=O) groups excluding carboxylic acids is 2. The SMILES string of the molecule is COC(=O)/C(=C/c1ccc(F)cc1)C(=O)C1CC1. The largest absolute Gasteiger partial charge is 0.465 e. The molecule has 0 saturated heterocycles. The van der Waals surface area contributed by atoms with E-state index in [0.29, 0.717) is 5.56 Å². The molecule has 2 rings (SSSR count). The van der Waals surface area contributed by atoms with Gasteiger partial charge in [-0.15, -0.1) is 0 Å². The summed E-state index contributed by atoms with van der Waals surface area (Å²) in [4.78, 5) is 23.5. The Balaban J connectivity index is 2.30. The zero-order valence-electron chi connectivity index (χ0n) is 9.98. The maximum atomic E-state index is 12.8. The summed E-state index contributed by atoms with van der Waals surface area (Å²) in [5.74, 6) is -1.25. The molecular formula is C14H13FO3. The number of carbonyl (C=O) groups is 2. The highest BCUT2D eigenvalue weighted by molar-refractivity contribution is 6.21. The third-order valence-electron chi connectivity index (χ3n) is 2.80. The molecule has 1 aliphatic rings. The van der Waals surface area contributed by atoms with Gasteiger partial charge in [0.25, 0.3) is 0 Å². The van der Waals surface area contributed by atoms with Gasteiger partial charge in [0.15, 0.2) is 5.78 Å². The Hall–Kier alpha value is -1.97. The first kappa shape index (κ1) is 12.5. The van der Waals surface area contributed by atoms with Gasteiger partial charge >= 0.3 is 5.97 Å². The zero-order chi connectivity index (χ0) is 13.1. The van der Waals surface area contributed by atoms with Crippen LogP contribution in [0.25, 0.3) is 6.08 Å². The summed E-state index contributed by atoms with van der Waals surface area (Å²) in [7, 11) is 1.24. The van der Waals surface area contributed by atoms with Crippen LogP contribution in [0.1, 0.15) is 18.4 Å².